The molecular weight excluding hydrogens is 208 g/mol. The Hall–Kier alpha value is -0.760. The Morgan fingerprint density at radius 1 is 1.47 bits per heavy atom. The maximum atomic E-state index is 5.92. The summed E-state index contributed by atoms with van der Waals surface area (Å²) in [6.07, 6.45) is 5.08. The topological polar surface area (TPSA) is 16.1 Å². The van der Waals surface area contributed by atoms with Gasteiger partial charge in [0.2, 0.25) is 0 Å². The second kappa shape index (κ2) is 4.84. The van der Waals surface area contributed by atoms with Crippen molar-refractivity contribution in [1.82, 2.24) is 4.98 Å². The average Bonchev–Trinajstić information content (AvgIpc) is 2.29. The van der Waals surface area contributed by atoms with Gasteiger partial charge in [-0.2, -0.15) is 0 Å². The molecular formula is C12H17ClN2. The molecule has 0 saturated carbocycles. The van der Waals surface area contributed by atoms with Crippen molar-refractivity contribution in [3.63, 3.8) is 0 Å². The maximum absolute atomic E-state index is 5.92. The van der Waals surface area contributed by atoms with E-state index >= 15 is 0 Å². The van der Waals surface area contributed by atoms with Crippen LogP contribution in [0.3, 0.4) is 0 Å². The molecule has 0 aromatic carbocycles. The zero-order chi connectivity index (χ0) is 10.7. The van der Waals surface area contributed by atoms with Crippen LogP contribution in [0.1, 0.15) is 32.6 Å². The number of rotatable bonds is 2. The molecule has 0 N–H and O–H groups in total. The van der Waals surface area contributed by atoms with Gasteiger partial charge in [0.1, 0.15) is 11.0 Å². The molecule has 1 aliphatic heterocycles. The van der Waals surface area contributed by atoms with Crippen LogP contribution < -0.4 is 4.90 Å². The van der Waals surface area contributed by atoms with Crippen LogP contribution in [0, 0.1) is 0 Å². The molecule has 0 radical (unpaired) electrons. The molecule has 1 atom stereocenters. The van der Waals surface area contributed by atoms with Crippen molar-refractivity contribution in [3.8, 4) is 0 Å². The lowest BCUT2D eigenvalue weighted by Gasteiger charge is -2.36. The highest BCUT2D eigenvalue weighted by molar-refractivity contribution is 6.29. The first kappa shape index (κ1) is 10.7. The van der Waals surface area contributed by atoms with Gasteiger partial charge in [0.15, 0.2) is 0 Å². The van der Waals surface area contributed by atoms with Crippen LogP contribution in [0.5, 0.6) is 0 Å². The molecule has 0 amide bonds. The van der Waals surface area contributed by atoms with Gasteiger partial charge in [-0.05, 0) is 37.8 Å². The van der Waals surface area contributed by atoms with E-state index in [1.54, 1.807) is 0 Å². The Balaban J connectivity index is 2.20. The van der Waals surface area contributed by atoms with E-state index in [0.29, 0.717) is 11.2 Å². The number of anilines is 1. The standard InChI is InChI=1S/C12H17ClN2/c1-2-10-6-3-4-9-15(10)12-8-5-7-11(13)14-12/h5,7-8,10H,2-4,6,9H2,1H3. The fraction of sp³-hybridized carbons (Fsp3) is 0.583. The number of piperidine rings is 1. The van der Waals surface area contributed by atoms with Crippen LogP contribution >= 0.6 is 11.6 Å². The van der Waals surface area contributed by atoms with Crippen LogP contribution in [0.4, 0.5) is 5.82 Å². The second-order valence-corrected chi connectivity index (χ2v) is 4.46. The number of hydrogen-bond donors (Lipinski definition) is 0. The van der Waals surface area contributed by atoms with E-state index in [0.717, 1.165) is 12.4 Å². The highest BCUT2D eigenvalue weighted by Crippen LogP contribution is 2.25. The summed E-state index contributed by atoms with van der Waals surface area (Å²) in [6, 6.07) is 6.51. The Morgan fingerprint density at radius 3 is 3.07 bits per heavy atom. The molecule has 1 saturated heterocycles. The van der Waals surface area contributed by atoms with Gasteiger partial charge in [-0.15, -0.1) is 0 Å². The minimum Gasteiger partial charge on any atom is -0.354 e. The average molecular weight is 225 g/mol. The SMILES string of the molecule is CCC1CCCCN1c1cccc(Cl)n1. The highest BCUT2D eigenvalue weighted by Gasteiger charge is 2.21. The Bertz CT molecular complexity index is 327. The molecule has 82 valence electrons. The Kier molecular flexibility index (Phi) is 3.47. The molecule has 1 unspecified atom stereocenters. The van der Waals surface area contributed by atoms with Gasteiger partial charge in [0.05, 0.1) is 0 Å². The van der Waals surface area contributed by atoms with E-state index in [2.05, 4.69) is 22.9 Å². The molecule has 0 spiro atoms. The zero-order valence-corrected chi connectivity index (χ0v) is 9.87. The summed E-state index contributed by atoms with van der Waals surface area (Å²) < 4.78 is 0. The molecule has 3 heteroatoms. The third-order valence-corrected chi connectivity index (χ3v) is 3.30. The zero-order valence-electron chi connectivity index (χ0n) is 9.12. The van der Waals surface area contributed by atoms with Gasteiger partial charge < -0.3 is 4.90 Å². The van der Waals surface area contributed by atoms with E-state index in [9.17, 15) is 0 Å². The lowest BCUT2D eigenvalue weighted by Crippen LogP contribution is -2.39. The summed E-state index contributed by atoms with van der Waals surface area (Å²) in [5.74, 6) is 1.04. The first-order valence-electron chi connectivity index (χ1n) is 5.70. The van der Waals surface area contributed by atoms with Gasteiger partial charge in [-0.1, -0.05) is 24.6 Å². The number of hydrogen-bond acceptors (Lipinski definition) is 2. The molecule has 2 heterocycles. The van der Waals surface area contributed by atoms with Crippen LogP contribution in [-0.4, -0.2) is 17.6 Å². The summed E-state index contributed by atoms with van der Waals surface area (Å²) in [4.78, 5) is 6.78. The van der Waals surface area contributed by atoms with Crippen molar-refractivity contribution < 1.29 is 0 Å². The molecule has 2 nitrogen and oxygen atoms in total. The summed E-state index contributed by atoms with van der Waals surface area (Å²) in [6.45, 7) is 3.36. The predicted octanol–water partition coefficient (Wildman–Crippen LogP) is 3.50. The summed E-state index contributed by atoms with van der Waals surface area (Å²) >= 11 is 5.92. The van der Waals surface area contributed by atoms with Crippen molar-refractivity contribution in [1.29, 1.82) is 0 Å². The fourth-order valence-corrected chi connectivity index (χ4v) is 2.44. The van der Waals surface area contributed by atoms with E-state index in [1.165, 1.54) is 25.7 Å². The third-order valence-electron chi connectivity index (χ3n) is 3.09. The van der Waals surface area contributed by atoms with Gasteiger partial charge >= 0.3 is 0 Å². The summed E-state index contributed by atoms with van der Waals surface area (Å²) in [5, 5.41) is 0.591. The van der Waals surface area contributed by atoms with Crippen LogP contribution in [0.15, 0.2) is 18.2 Å². The van der Waals surface area contributed by atoms with Gasteiger partial charge in [0, 0.05) is 12.6 Å². The molecule has 1 aromatic heterocycles. The molecule has 1 fully saturated rings. The van der Waals surface area contributed by atoms with Gasteiger partial charge in [0.25, 0.3) is 0 Å². The maximum Gasteiger partial charge on any atom is 0.131 e. The number of pyridine rings is 1. The van der Waals surface area contributed by atoms with Gasteiger partial charge in [-0.3, -0.25) is 0 Å². The Labute approximate surface area is 96.3 Å². The molecule has 0 aliphatic carbocycles. The smallest absolute Gasteiger partial charge is 0.131 e. The van der Waals surface area contributed by atoms with Crippen molar-refractivity contribution >= 4 is 17.4 Å². The molecule has 0 bridgehead atoms. The number of aromatic nitrogens is 1. The van der Waals surface area contributed by atoms with Crippen molar-refractivity contribution in [2.45, 2.75) is 38.6 Å². The first-order chi connectivity index (χ1) is 7.31. The van der Waals surface area contributed by atoms with Crippen LogP contribution in [0.25, 0.3) is 0 Å². The quantitative estimate of drug-likeness (QED) is 0.715. The highest BCUT2D eigenvalue weighted by atomic mass is 35.5. The summed E-state index contributed by atoms with van der Waals surface area (Å²) in [7, 11) is 0. The van der Waals surface area contributed by atoms with E-state index < -0.39 is 0 Å². The van der Waals surface area contributed by atoms with E-state index in [1.807, 2.05) is 12.1 Å². The molecule has 2 rings (SSSR count). The Morgan fingerprint density at radius 2 is 2.33 bits per heavy atom. The first-order valence-corrected chi connectivity index (χ1v) is 6.08. The monoisotopic (exact) mass is 224 g/mol. The lowest BCUT2D eigenvalue weighted by molar-refractivity contribution is 0.447. The summed E-state index contributed by atoms with van der Waals surface area (Å²) in [5.41, 5.74) is 0. The van der Waals surface area contributed by atoms with E-state index in [4.69, 9.17) is 11.6 Å². The molecule has 15 heavy (non-hydrogen) atoms. The van der Waals surface area contributed by atoms with Crippen molar-refractivity contribution in [2.75, 3.05) is 11.4 Å². The largest absolute Gasteiger partial charge is 0.354 e. The van der Waals surface area contributed by atoms with Crippen molar-refractivity contribution in [2.24, 2.45) is 0 Å². The second-order valence-electron chi connectivity index (χ2n) is 4.07. The minimum absolute atomic E-state index is 0.591. The van der Waals surface area contributed by atoms with Crippen molar-refractivity contribution in [3.05, 3.63) is 23.4 Å². The number of nitrogens with zero attached hydrogens (tertiary/aromatic N) is 2. The fourth-order valence-electron chi connectivity index (χ4n) is 2.28. The van der Waals surface area contributed by atoms with Crippen LogP contribution in [0.2, 0.25) is 5.15 Å². The lowest BCUT2D eigenvalue weighted by atomic mass is 10.00. The third kappa shape index (κ3) is 2.43. The molecule has 1 aliphatic rings. The predicted molar refractivity (Wildman–Crippen MR) is 64.5 cm³/mol. The normalized spacial score (nSPS) is 21.7. The van der Waals surface area contributed by atoms with E-state index in [-0.39, 0.29) is 0 Å². The minimum atomic E-state index is 0.591. The number of halogens is 1. The molecule has 1 aromatic rings. The van der Waals surface area contributed by atoms with Gasteiger partial charge in [-0.25, -0.2) is 4.98 Å². The van der Waals surface area contributed by atoms with Crippen LogP contribution in [-0.2, 0) is 0 Å².